The predicted molar refractivity (Wildman–Crippen MR) is 68.0 cm³/mol. The van der Waals surface area contributed by atoms with E-state index >= 15 is 0 Å². The van der Waals surface area contributed by atoms with Crippen molar-refractivity contribution in [2.24, 2.45) is 0 Å². The van der Waals surface area contributed by atoms with Crippen LogP contribution in [0.3, 0.4) is 0 Å². The fourth-order valence-corrected chi connectivity index (χ4v) is 1.63. The van der Waals surface area contributed by atoms with Crippen molar-refractivity contribution in [3.8, 4) is 0 Å². The molecule has 0 aliphatic heterocycles. The summed E-state index contributed by atoms with van der Waals surface area (Å²) < 4.78 is 4.99. The molecule has 0 heterocycles. The van der Waals surface area contributed by atoms with Gasteiger partial charge in [0.15, 0.2) is 0 Å². The van der Waals surface area contributed by atoms with E-state index in [1.165, 1.54) is 0 Å². The van der Waals surface area contributed by atoms with Crippen molar-refractivity contribution in [3.05, 3.63) is 71.3 Å². The van der Waals surface area contributed by atoms with Crippen molar-refractivity contribution in [2.75, 3.05) is 0 Å². The van der Waals surface area contributed by atoms with Gasteiger partial charge in [-0.05, 0) is 19.1 Å². The number of ether oxygens (including phenoxy) is 1. The Morgan fingerprint density at radius 3 is 2.50 bits per heavy atom. The Morgan fingerprint density at radius 1 is 1.11 bits per heavy atom. The summed E-state index contributed by atoms with van der Waals surface area (Å²) in [7, 11) is 0. The Bertz CT molecular complexity index is 534. The van der Waals surface area contributed by atoms with Gasteiger partial charge < -0.3 is 9.84 Å². The standard InChI is InChI=1S/C15H14O3/c1-11-6-5-9-13(10-11)15(17)18-14(16)12-7-3-2-4-8-12/h2-10,14,16H,1H3. The number of carbonyl (C=O) groups excluding carboxylic acids is 1. The summed E-state index contributed by atoms with van der Waals surface area (Å²) in [6.45, 7) is 1.89. The molecule has 18 heavy (non-hydrogen) atoms. The molecular weight excluding hydrogens is 228 g/mol. The maximum absolute atomic E-state index is 11.8. The molecule has 1 unspecified atom stereocenters. The maximum atomic E-state index is 11.8. The van der Waals surface area contributed by atoms with Crippen LogP contribution in [0, 0.1) is 6.92 Å². The summed E-state index contributed by atoms with van der Waals surface area (Å²) in [5, 5.41) is 9.78. The Balaban J connectivity index is 2.08. The smallest absolute Gasteiger partial charge is 0.340 e. The molecule has 2 aromatic rings. The van der Waals surface area contributed by atoms with Crippen LogP contribution in [-0.2, 0) is 4.74 Å². The van der Waals surface area contributed by atoms with Gasteiger partial charge in [0.25, 0.3) is 0 Å². The van der Waals surface area contributed by atoms with E-state index in [1.54, 1.807) is 42.5 Å². The van der Waals surface area contributed by atoms with Crippen molar-refractivity contribution >= 4 is 5.97 Å². The van der Waals surface area contributed by atoms with Crippen molar-refractivity contribution in [1.82, 2.24) is 0 Å². The van der Waals surface area contributed by atoms with Gasteiger partial charge >= 0.3 is 5.97 Å². The van der Waals surface area contributed by atoms with Crippen LogP contribution in [0.2, 0.25) is 0 Å². The van der Waals surface area contributed by atoms with Gasteiger partial charge in [0.05, 0.1) is 5.56 Å². The molecule has 0 saturated heterocycles. The molecule has 3 heteroatoms. The summed E-state index contributed by atoms with van der Waals surface area (Å²) in [6, 6.07) is 15.8. The van der Waals surface area contributed by atoms with Crippen LogP contribution >= 0.6 is 0 Å². The average Bonchev–Trinajstić information content (AvgIpc) is 2.39. The lowest BCUT2D eigenvalue weighted by atomic mass is 10.1. The molecule has 3 nitrogen and oxygen atoms in total. The van der Waals surface area contributed by atoms with E-state index in [1.807, 2.05) is 19.1 Å². The number of aliphatic hydroxyl groups excluding tert-OH is 1. The second-order valence-corrected chi connectivity index (χ2v) is 4.04. The van der Waals surface area contributed by atoms with E-state index in [-0.39, 0.29) is 0 Å². The Labute approximate surface area is 106 Å². The lowest BCUT2D eigenvalue weighted by Gasteiger charge is -2.12. The molecule has 0 aliphatic rings. The van der Waals surface area contributed by atoms with Crippen LogP contribution in [0.4, 0.5) is 0 Å². The average molecular weight is 242 g/mol. The first kappa shape index (κ1) is 12.3. The third-order valence-corrected chi connectivity index (χ3v) is 2.56. The van der Waals surface area contributed by atoms with Crippen LogP contribution < -0.4 is 0 Å². The molecule has 92 valence electrons. The second kappa shape index (κ2) is 5.47. The molecule has 0 spiro atoms. The van der Waals surface area contributed by atoms with E-state index < -0.39 is 12.3 Å². The van der Waals surface area contributed by atoms with Crippen LogP contribution in [0.15, 0.2) is 54.6 Å². The molecule has 0 fully saturated rings. The molecule has 2 rings (SSSR count). The Morgan fingerprint density at radius 2 is 1.83 bits per heavy atom. The predicted octanol–water partition coefficient (Wildman–Crippen LogP) is 2.84. The van der Waals surface area contributed by atoms with E-state index in [2.05, 4.69) is 0 Å². The summed E-state index contributed by atoms with van der Waals surface area (Å²) in [5.41, 5.74) is 1.96. The van der Waals surface area contributed by atoms with Crippen LogP contribution in [0.1, 0.15) is 27.8 Å². The van der Waals surface area contributed by atoms with Crippen molar-refractivity contribution < 1.29 is 14.6 Å². The molecular formula is C15H14O3. The van der Waals surface area contributed by atoms with Gasteiger partial charge in [0.2, 0.25) is 6.29 Å². The van der Waals surface area contributed by atoms with E-state index in [0.29, 0.717) is 11.1 Å². The zero-order chi connectivity index (χ0) is 13.0. The van der Waals surface area contributed by atoms with Crippen LogP contribution in [0.25, 0.3) is 0 Å². The number of aliphatic hydroxyl groups is 1. The van der Waals surface area contributed by atoms with Gasteiger partial charge in [-0.25, -0.2) is 4.79 Å². The van der Waals surface area contributed by atoms with Crippen molar-refractivity contribution in [3.63, 3.8) is 0 Å². The lowest BCUT2D eigenvalue weighted by molar-refractivity contribution is -0.0671. The summed E-state index contributed by atoms with van der Waals surface area (Å²) >= 11 is 0. The minimum absolute atomic E-state index is 0.435. The van der Waals surface area contributed by atoms with Gasteiger partial charge in [-0.2, -0.15) is 0 Å². The van der Waals surface area contributed by atoms with Crippen molar-refractivity contribution in [1.29, 1.82) is 0 Å². The largest absolute Gasteiger partial charge is 0.428 e. The molecule has 0 amide bonds. The number of rotatable bonds is 3. The van der Waals surface area contributed by atoms with Crippen LogP contribution in [-0.4, -0.2) is 11.1 Å². The molecule has 1 atom stereocenters. The second-order valence-electron chi connectivity index (χ2n) is 4.04. The zero-order valence-electron chi connectivity index (χ0n) is 10.0. The number of aryl methyl sites for hydroxylation is 1. The Kier molecular flexibility index (Phi) is 3.75. The SMILES string of the molecule is Cc1cccc(C(=O)OC(O)c2ccccc2)c1. The van der Waals surface area contributed by atoms with Gasteiger partial charge in [-0.3, -0.25) is 0 Å². The number of carbonyl (C=O) groups is 1. The first-order valence-electron chi connectivity index (χ1n) is 5.67. The summed E-state index contributed by atoms with van der Waals surface area (Å²) in [4.78, 5) is 11.8. The monoisotopic (exact) mass is 242 g/mol. The summed E-state index contributed by atoms with van der Waals surface area (Å²) in [5.74, 6) is -0.532. The van der Waals surface area contributed by atoms with Gasteiger partial charge in [0, 0.05) is 5.56 Å². The van der Waals surface area contributed by atoms with E-state index in [4.69, 9.17) is 4.74 Å². The van der Waals surface area contributed by atoms with E-state index in [9.17, 15) is 9.90 Å². The van der Waals surface area contributed by atoms with Gasteiger partial charge in [-0.15, -0.1) is 0 Å². The molecule has 2 aromatic carbocycles. The lowest BCUT2D eigenvalue weighted by Crippen LogP contribution is -2.11. The summed E-state index contributed by atoms with van der Waals surface area (Å²) in [6.07, 6.45) is -1.24. The first-order chi connectivity index (χ1) is 8.66. The molecule has 0 radical (unpaired) electrons. The first-order valence-corrected chi connectivity index (χ1v) is 5.67. The minimum Gasteiger partial charge on any atom is -0.428 e. The quantitative estimate of drug-likeness (QED) is 0.665. The van der Waals surface area contributed by atoms with Gasteiger partial charge in [0.1, 0.15) is 0 Å². The maximum Gasteiger partial charge on any atom is 0.340 e. The highest BCUT2D eigenvalue weighted by Gasteiger charge is 2.14. The molecule has 0 aliphatic carbocycles. The fraction of sp³-hybridized carbons (Fsp3) is 0.133. The molecule has 1 N–H and O–H groups in total. The molecule has 0 aromatic heterocycles. The Hall–Kier alpha value is -2.13. The minimum atomic E-state index is -1.24. The van der Waals surface area contributed by atoms with E-state index in [0.717, 1.165) is 5.56 Å². The highest BCUT2D eigenvalue weighted by Crippen LogP contribution is 2.16. The topological polar surface area (TPSA) is 46.5 Å². The molecule has 0 bridgehead atoms. The number of esters is 1. The fourth-order valence-electron chi connectivity index (χ4n) is 1.63. The zero-order valence-corrected chi connectivity index (χ0v) is 10.0. The third kappa shape index (κ3) is 2.96. The highest BCUT2D eigenvalue weighted by atomic mass is 16.6. The molecule has 0 saturated carbocycles. The third-order valence-electron chi connectivity index (χ3n) is 2.56. The number of hydrogen-bond donors (Lipinski definition) is 1. The highest BCUT2D eigenvalue weighted by molar-refractivity contribution is 5.89. The normalized spacial score (nSPS) is 11.9. The van der Waals surface area contributed by atoms with Crippen LogP contribution in [0.5, 0.6) is 0 Å². The van der Waals surface area contributed by atoms with Crippen molar-refractivity contribution in [2.45, 2.75) is 13.2 Å². The number of benzene rings is 2. The van der Waals surface area contributed by atoms with Gasteiger partial charge in [-0.1, -0.05) is 48.0 Å². The number of hydrogen-bond acceptors (Lipinski definition) is 3.